The van der Waals surface area contributed by atoms with Crippen molar-refractivity contribution in [2.24, 2.45) is 0 Å². The molecule has 138 valence electrons. The first-order valence-electron chi connectivity index (χ1n) is 9.54. The van der Waals surface area contributed by atoms with Gasteiger partial charge in [0.05, 0.1) is 54.3 Å². The van der Waals surface area contributed by atoms with Crippen LogP contribution in [0.5, 0.6) is 17.2 Å². The summed E-state index contributed by atoms with van der Waals surface area (Å²) >= 11 is 0. The maximum absolute atomic E-state index is 12.8. The first-order chi connectivity index (χ1) is 14.5. The van der Waals surface area contributed by atoms with E-state index in [1.165, 1.54) is 25.3 Å². The van der Waals surface area contributed by atoms with E-state index < -0.39 is 42.4 Å². The number of H-pyrrole nitrogens is 1. The minimum atomic E-state index is -3.00. The molecule has 3 aromatic rings. The maximum atomic E-state index is 12.8. The smallest absolute Gasteiger partial charge is 0.387 e. The van der Waals surface area contributed by atoms with Gasteiger partial charge in [-0.25, -0.2) is 4.98 Å². The van der Waals surface area contributed by atoms with Gasteiger partial charge in [0.15, 0.2) is 16.7 Å². The zero-order valence-electron chi connectivity index (χ0n) is 18.2. The lowest BCUT2D eigenvalue weighted by atomic mass is 10.3. The molecule has 10 heteroatoms. The Labute approximate surface area is 156 Å². The van der Waals surface area contributed by atoms with Gasteiger partial charge < -0.3 is 19.2 Å². The molecule has 7 nitrogen and oxygen atoms in total. The summed E-state index contributed by atoms with van der Waals surface area (Å²) in [6.07, 6.45) is -0.592. The summed E-state index contributed by atoms with van der Waals surface area (Å²) in [4.78, 5) is 10.7. The van der Waals surface area contributed by atoms with Crippen LogP contribution in [0.4, 0.5) is 8.78 Å². The molecule has 0 amide bonds. The number of hydrogen-bond donors (Lipinski definition) is 1. The van der Waals surface area contributed by atoms with Crippen LogP contribution in [-0.2, 0) is 16.6 Å². The predicted octanol–water partition coefficient (Wildman–Crippen LogP) is 2.88. The van der Waals surface area contributed by atoms with Crippen molar-refractivity contribution in [3.05, 3.63) is 36.1 Å². The third kappa shape index (κ3) is 3.74. The summed E-state index contributed by atoms with van der Waals surface area (Å²) in [6.45, 7) is -3.00. The fraction of sp³-hybridized carbons (Fsp3) is 0.250. The number of imidazole rings is 1. The van der Waals surface area contributed by atoms with Crippen molar-refractivity contribution in [2.45, 2.75) is 17.5 Å². The van der Waals surface area contributed by atoms with E-state index in [-0.39, 0.29) is 28.1 Å². The van der Waals surface area contributed by atoms with Crippen molar-refractivity contribution in [1.82, 2.24) is 15.0 Å². The van der Waals surface area contributed by atoms with Crippen LogP contribution in [-0.4, -0.2) is 39.9 Å². The topological polar surface area (TPSA) is 86.3 Å². The minimum absolute atomic E-state index is 0.0205. The number of ether oxygens (including phenoxy) is 3. The number of hydrogen-bond acceptors (Lipinski definition) is 6. The first-order valence-corrected chi connectivity index (χ1v) is 8.36. The van der Waals surface area contributed by atoms with Crippen LogP contribution in [0.25, 0.3) is 11.0 Å². The Balaban J connectivity index is 1.94. The number of fused-ring (bicyclic) bond motifs is 1. The molecule has 0 aliphatic rings. The van der Waals surface area contributed by atoms with Gasteiger partial charge in [-0.15, -0.1) is 0 Å². The van der Waals surface area contributed by atoms with Crippen LogP contribution in [0.1, 0.15) is 12.5 Å². The number of halogens is 2. The molecular weight excluding hydrogens is 368 g/mol. The number of benzene rings is 1. The number of methoxy groups -OCH3 is 2. The van der Waals surface area contributed by atoms with Crippen molar-refractivity contribution < 1.29 is 34.1 Å². The Bertz CT molecular complexity index is 1140. The highest BCUT2D eigenvalue weighted by atomic mass is 32.2. The molecule has 0 radical (unpaired) electrons. The number of nitrogens with one attached hydrogen (secondary N) is 1. The number of nitrogens with zero attached hydrogens (tertiary/aromatic N) is 2. The molecule has 1 atom stereocenters. The summed E-state index contributed by atoms with van der Waals surface area (Å²) in [7, 11) is -3.61. The van der Waals surface area contributed by atoms with Crippen LogP contribution >= 0.6 is 0 Å². The fourth-order valence-corrected chi connectivity index (χ4v) is 3.21. The van der Waals surface area contributed by atoms with Gasteiger partial charge in [-0.05, 0) is 12.1 Å². The van der Waals surface area contributed by atoms with E-state index in [1.807, 2.05) is 0 Å². The van der Waals surface area contributed by atoms with Crippen molar-refractivity contribution >= 4 is 21.8 Å². The van der Waals surface area contributed by atoms with E-state index in [0.717, 1.165) is 0 Å². The molecular formula is C16H15F2N3O4S. The van der Waals surface area contributed by atoms with E-state index in [4.69, 9.17) is 16.3 Å². The molecule has 1 aromatic carbocycles. The number of aromatic amines is 1. The molecule has 0 aliphatic carbocycles. The third-order valence-electron chi connectivity index (χ3n) is 3.28. The first kappa shape index (κ1) is 12.6. The van der Waals surface area contributed by atoms with E-state index in [1.54, 1.807) is 0 Å². The highest BCUT2D eigenvalue weighted by molar-refractivity contribution is 7.84. The minimum Gasteiger partial charge on any atom is -0.493 e. The van der Waals surface area contributed by atoms with Crippen LogP contribution in [0, 0.1) is 0 Å². The van der Waals surface area contributed by atoms with Crippen molar-refractivity contribution in [2.75, 3.05) is 14.1 Å². The van der Waals surface area contributed by atoms with Crippen LogP contribution in [0.15, 0.2) is 35.6 Å². The normalized spacial score (nSPS) is 15.6. The van der Waals surface area contributed by atoms with Crippen molar-refractivity contribution in [1.29, 1.82) is 0 Å². The van der Waals surface area contributed by atoms with E-state index in [0.29, 0.717) is 11.0 Å². The van der Waals surface area contributed by atoms with Crippen LogP contribution < -0.4 is 14.2 Å². The summed E-state index contributed by atoms with van der Waals surface area (Å²) < 4.78 is 89.1. The summed E-state index contributed by atoms with van der Waals surface area (Å²) in [6, 6.07) is 3.36. The van der Waals surface area contributed by atoms with Gasteiger partial charge in [0.25, 0.3) is 0 Å². The summed E-state index contributed by atoms with van der Waals surface area (Å²) in [5.41, 5.74) is 0.567. The molecule has 1 N–H and O–H groups in total. The Morgan fingerprint density at radius 3 is 3.00 bits per heavy atom. The largest absolute Gasteiger partial charge is 0.493 e. The van der Waals surface area contributed by atoms with Gasteiger partial charge in [-0.1, -0.05) is 0 Å². The molecule has 1 unspecified atom stereocenters. The lowest BCUT2D eigenvalue weighted by Crippen LogP contribution is -2.04. The average Bonchev–Trinajstić information content (AvgIpc) is 3.08. The van der Waals surface area contributed by atoms with Gasteiger partial charge in [0.2, 0.25) is 0 Å². The number of rotatable bonds is 7. The summed E-state index contributed by atoms with van der Waals surface area (Å²) in [5.74, 6) is -1.22. The Morgan fingerprint density at radius 2 is 2.27 bits per heavy atom. The molecule has 2 heterocycles. The van der Waals surface area contributed by atoms with Gasteiger partial charge in [-0.2, -0.15) is 8.78 Å². The van der Waals surface area contributed by atoms with E-state index in [9.17, 15) is 13.0 Å². The van der Waals surface area contributed by atoms with Gasteiger partial charge in [0.1, 0.15) is 5.75 Å². The predicted molar refractivity (Wildman–Crippen MR) is 90.2 cm³/mol. The molecule has 0 fully saturated rings. The molecule has 0 aliphatic heterocycles. The maximum Gasteiger partial charge on any atom is 0.387 e. The second kappa shape index (κ2) is 7.65. The Morgan fingerprint density at radius 1 is 1.42 bits per heavy atom. The molecule has 0 saturated carbocycles. The third-order valence-corrected chi connectivity index (χ3v) is 4.44. The van der Waals surface area contributed by atoms with Crippen LogP contribution in [0.3, 0.4) is 0 Å². The molecule has 0 spiro atoms. The summed E-state index contributed by atoms with van der Waals surface area (Å²) in [5, 5.41) is -0.0205. The molecule has 26 heavy (non-hydrogen) atoms. The lowest BCUT2D eigenvalue weighted by Gasteiger charge is -2.10. The highest BCUT2D eigenvalue weighted by Crippen LogP contribution is 2.30. The van der Waals surface area contributed by atoms with E-state index >= 15 is 0 Å². The quantitative estimate of drug-likeness (QED) is 0.670. The second-order valence-corrected chi connectivity index (χ2v) is 6.22. The molecule has 0 saturated heterocycles. The van der Waals surface area contributed by atoms with Crippen molar-refractivity contribution in [3.8, 4) is 17.2 Å². The van der Waals surface area contributed by atoms with Crippen LogP contribution in [0.2, 0.25) is 0 Å². The average molecular weight is 388 g/mol. The van der Waals surface area contributed by atoms with E-state index in [2.05, 4.69) is 19.7 Å². The zero-order valence-corrected chi connectivity index (χ0v) is 14.0. The van der Waals surface area contributed by atoms with Gasteiger partial charge in [-0.3, -0.25) is 9.19 Å². The highest BCUT2D eigenvalue weighted by Gasteiger charge is 2.17. The van der Waals surface area contributed by atoms with Crippen molar-refractivity contribution in [3.63, 3.8) is 0 Å². The second-order valence-electron chi connectivity index (χ2n) is 4.85. The fourth-order valence-electron chi connectivity index (χ4n) is 2.21. The lowest BCUT2D eigenvalue weighted by molar-refractivity contribution is -0.0497. The monoisotopic (exact) mass is 388 g/mol. The van der Waals surface area contributed by atoms with Gasteiger partial charge >= 0.3 is 6.61 Å². The Kier molecular flexibility index (Phi) is 3.70. The zero-order chi connectivity index (χ0) is 22.9. The van der Waals surface area contributed by atoms with Gasteiger partial charge in [0, 0.05) is 18.3 Å². The molecule has 2 aromatic heterocycles. The SMILES string of the molecule is [2H]c1nc(CS(=O)c2nc3ccc(OC(F)F)cc3[nH]2)c(OC)c(OC([2H])([2H])[2H])c1[2H]. The molecule has 3 rings (SSSR count). The number of alkyl halides is 2. The number of pyridine rings is 1. The molecule has 0 bridgehead atoms. The number of aromatic nitrogens is 3. The Hall–Kier alpha value is -2.75. The standard InChI is InChI=1S/C16H15F2N3O4S/c1-23-13-5-6-19-12(14(13)24-2)8-26(22)16-20-10-4-3-9(25-15(17)18)7-11(10)21-16/h3-7,15H,8H2,1-2H3,(H,20,21)/i1D3,5D,6D.